The summed E-state index contributed by atoms with van der Waals surface area (Å²) in [6.07, 6.45) is 2.92. The van der Waals surface area contributed by atoms with Gasteiger partial charge in [-0.2, -0.15) is 0 Å². The molecular formula is C20H17FN2O2S. The van der Waals surface area contributed by atoms with Crippen LogP contribution in [0.5, 0.6) is 5.75 Å². The Morgan fingerprint density at radius 1 is 1.12 bits per heavy atom. The Morgan fingerprint density at radius 3 is 2.54 bits per heavy atom. The zero-order valence-corrected chi connectivity index (χ0v) is 14.8. The highest BCUT2D eigenvalue weighted by Gasteiger charge is 2.15. The molecule has 4 rings (SSSR count). The molecule has 0 unspecified atom stereocenters. The molecule has 2 aromatic carbocycles. The number of aromatic nitrogens is 1. The number of carbonyl (C=O) groups excluding carboxylic acids is 1. The summed E-state index contributed by atoms with van der Waals surface area (Å²) < 4.78 is 13.8. The van der Waals surface area contributed by atoms with Crippen LogP contribution >= 0.6 is 11.3 Å². The molecule has 0 amide bonds. The van der Waals surface area contributed by atoms with Crippen molar-refractivity contribution in [2.75, 3.05) is 18.0 Å². The molecule has 132 valence electrons. The Kier molecular flexibility index (Phi) is 4.42. The minimum Gasteiger partial charge on any atom is -0.504 e. The van der Waals surface area contributed by atoms with E-state index in [4.69, 9.17) is 0 Å². The van der Waals surface area contributed by atoms with Crippen LogP contribution in [-0.4, -0.2) is 29.5 Å². The SMILES string of the molecule is O=Cc1cc(-c2nc(-c3ccc(N4CCCC4)cc3)cs2)cc(F)c1O. The van der Waals surface area contributed by atoms with Gasteiger partial charge in [0.2, 0.25) is 0 Å². The molecule has 6 heteroatoms. The highest BCUT2D eigenvalue weighted by atomic mass is 32.1. The number of hydrogen-bond donors (Lipinski definition) is 1. The number of carbonyl (C=O) groups is 1. The van der Waals surface area contributed by atoms with Crippen molar-refractivity contribution in [2.45, 2.75) is 12.8 Å². The number of hydrogen-bond acceptors (Lipinski definition) is 5. The lowest BCUT2D eigenvalue weighted by Gasteiger charge is -2.17. The largest absolute Gasteiger partial charge is 0.504 e. The van der Waals surface area contributed by atoms with Gasteiger partial charge in [-0.1, -0.05) is 12.1 Å². The quantitative estimate of drug-likeness (QED) is 0.676. The normalized spacial score (nSPS) is 14.0. The van der Waals surface area contributed by atoms with Crippen LogP contribution in [0.15, 0.2) is 41.8 Å². The first-order valence-electron chi connectivity index (χ1n) is 8.44. The maximum atomic E-state index is 13.8. The lowest BCUT2D eigenvalue weighted by Crippen LogP contribution is -2.17. The number of aldehydes is 1. The minimum atomic E-state index is -0.823. The monoisotopic (exact) mass is 368 g/mol. The van der Waals surface area contributed by atoms with Crippen molar-refractivity contribution in [3.05, 3.63) is 53.2 Å². The van der Waals surface area contributed by atoms with Crippen LogP contribution in [0, 0.1) is 5.82 Å². The average Bonchev–Trinajstić information content (AvgIpc) is 3.36. The van der Waals surface area contributed by atoms with Crippen LogP contribution in [0.3, 0.4) is 0 Å². The molecule has 0 atom stereocenters. The highest BCUT2D eigenvalue weighted by Crippen LogP contribution is 2.33. The summed E-state index contributed by atoms with van der Waals surface area (Å²) in [6.45, 7) is 2.21. The Bertz CT molecular complexity index is 947. The maximum Gasteiger partial charge on any atom is 0.166 e. The van der Waals surface area contributed by atoms with Crippen molar-refractivity contribution in [1.29, 1.82) is 0 Å². The second-order valence-corrected chi connectivity index (χ2v) is 7.15. The summed E-state index contributed by atoms with van der Waals surface area (Å²) in [4.78, 5) is 17.9. The predicted molar refractivity (Wildman–Crippen MR) is 101 cm³/mol. The van der Waals surface area contributed by atoms with E-state index in [-0.39, 0.29) is 5.56 Å². The molecule has 1 aliphatic rings. The molecule has 4 nitrogen and oxygen atoms in total. The molecule has 0 bridgehead atoms. The molecule has 0 radical (unpaired) electrons. The Hall–Kier alpha value is -2.73. The van der Waals surface area contributed by atoms with Crippen molar-refractivity contribution in [3.63, 3.8) is 0 Å². The molecule has 2 heterocycles. The van der Waals surface area contributed by atoms with Crippen molar-refractivity contribution in [2.24, 2.45) is 0 Å². The number of phenols is 1. The molecule has 26 heavy (non-hydrogen) atoms. The summed E-state index contributed by atoms with van der Waals surface area (Å²) in [6, 6.07) is 10.9. The van der Waals surface area contributed by atoms with E-state index in [1.54, 1.807) is 0 Å². The van der Waals surface area contributed by atoms with E-state index in [1.165, 1.54) is 42.0 Å². The zero-order valence-electron chi connectivity index (χ0n) is 14.0. The lowest BCUT2D eigenvalue weighted by molar-refractivity contribution is 0.112. The minimum absolute atomic E-state index is 0.0771. The summed E-state index contributed by atoms with van der Waals surface area (Å²) in [5.41, 5.74) is 3.42. The first kappa shape index (κ1) is 16.7. The molecule has 1 aromatic heterocycles. The van der Waals surface area contributed by atoms with Crippen LogP contribution < -0.4 is 4.90 Å². The van der Waals surface area contributed by atoms with Gasteiger partial charge in [0, 0.05) is 35.3 Å². The number of anilines is 1. The number of benzene rings is 2. The average molecular weight is 368 g/mol. The van der Waals surface area contributed by atoms with Gasteiger partial charge in [-0.25, -0.2) is 9.37 Å². The van der Waals surface area contributed by atoms with Gasteiger partial charge in [0.05, 0.1) is 11.3 Å². The first-order chi connectivity index (χ1) is 12.7. The molecule has 1 aliphatic heterocycles. The Labute approximate surface area is 154 Å². The van der Waals surface area contributed by atoms with E-state index >= 15 is 0 Å². The van der Waals surface area contributed by atoms with Gasteiger partial charge in [0.15, 0.2) is 17.9 Å². The summed E-state index contributed by atoms with van der Waals surface area (Å²) >= 11 is 1.37. The Balaban J connectivity index is 1.62. The van der Waals surface area contributed by atoms with Gasteiger partial charge < -0.3 is 10.0 Å². The number of thiazole rings is 1. The molecule has 3 aromatic rings. The number of phenolic OH excluding ortho intramolecular Hbond substituents is 1. The summed E-state index contributed by atoms with van der Waals surface area (Å²) in [5.74, 6) is -1.45. The fourth-order valence-corrected chi connectivity index (χ4v) is 4.01. The van der Waals surface area contributed by atoms with Crippen molar-refractivity contribution in [1.82, 2.24) is 4.98 Å². The molecular weight excluding hydrogens is 351 g/mol. The molecule has 0 spiro atoms. The topological polar surface area (TPSA) is 53.4 Å². The smallest absolute Gasteiger partial charge is 0.166 e. The molecule has 0 aliphatic carbocycles. The Morgan fingerprint density at radius 2 is 1.85 bits per heavy atom. The van der Waals surface area contributed by atoms with Crippen molar-refractivity contribution in [3.8, 4) is 27.6 Å². The first-order valence-corrected chi connectivity index (χ1v) is 9.32. The molecule has 0 saturated carbocycles. The van der Waals surface area contributed by atoms with Crippen molar-refractivity contribution >= 4 is 23.3 Å². The standard InChI is InChI=1S/C20H17FN2O2S/c21-17-10-14(9-15(11-24)19(17)25)20-22-18(12-26-20)13-3-5-16(6-4-13)23-7-1-2-8-23/h3-6,9-12,25H,1-2,7-8H2. The molecule has 1 fully saturated rings. The molecule has 1 saturated heterocycles. The van der Waals surface area contributed by atoms with E-state index < -0.39 is 11.6 Å². The van der Waals surface area contributed by atoms with Gasteiger partial charge in [-0.3, -0.25) is 4.79 Å². The van der Waals surface area contributed by atoms with E-state index in [0.717, 1.165) is 24.3 Å². The fourth-order valence-electron chi connectivity index (χ4n) is 3.19. The highest BCUT2D eigenvalue weighted by molar-refractivity contribution is 7.13. The lowest BCUT2D eigenvalue weighted by atomic mass is 10.1. The summed E-state index contributed by atoms with van der Waals surface area (Å²) in [5, 5.41) is 12.1. The van der Waals surface area contributed by atoms with E-state index in [9.17, 15) is 14.3 Å². The van der Waals surface area contributed by atoms with E-state index in [1.807, 2.05) is 17.5 Å². The number of rotatable bonds is 4. The fraction of sp³-hybridized carbons (Fsp3) is 0.200. The second-order valence-electron chi connectivity index (χ2n) is 6.29. The van der Waals surface area contributed by atoms with Crippen LogP contribution in [0.1, 0.15) is 23.2 Å². The third-order valence-corrected chi connectivity index (χ3v) is 5.50. The number of nitrogens with zero attached hydrogens (tertiary/aromatic N) is 2. The van der Waals surface area contributed by atoms with Gasteiger partial charge in [-0.15, -0.1) is 11.3 Å². The summed E-state index contributed by atoms with van der Waals surface area (Å²) in [7, 11) is 0. The third kappa shape index (κ3) is 3.08. The third-order valence-electron chi connectivity index (χ3n) is 4.61. The van der Waals surface area contributed by atoms with Crippen LogP contribution in [0.2, 0.25) is 0 Å². The number of halogens is 1. The van der Waals surface area contributed by atoms with Crippen LogP contribution in [0.25, 0.3) is 21.8 Å². The van der Waals surface area contributed by atoms with E-state index in [2.05, 4.69) is 22.0 Å². The van der Waals surface area contributed by atoms with Crippen molar-refractivity contribution < 1.29 is 14.3 Å². The van der Waals surface area contributed by atoms with Gasteiger partial charge in [0.25, 0.3) is 0 Å². The molecule has 1 N–H and O–H groups in total. The maximum absolute atomic E-state index is 13.8. The number of aromatic hydroxyl groups is 1. The van der Waals surface area contributed by atoms with Gasteiger partial charge in [0.1, 0.15) is 5.01 Å². The van der Waals surface area contributed by atoms with Gasteiger partial charge in [-0.05, 0) is 37.1 Å². The zero-order chi connectivity index (χ0) is 18.1. The van der Waals surface area contributed by atoms with Crippen LogP contribution in [0.4, 0.5) is 10.1 Å². The van der Waals surface area contributed by atoms with Gasteiger partial charge >= 0.3 is 0 Å². The van der Waals surface area contributed by atoms with Crippen LogP contribution in [-0.2, 0) is 0 Å². The second kappa shape index (κ2) is 6.88. The predicted octanol–water partition coefficient (Wildman–Crippen LogP) is 4.73. The van der Waals surface area contributed by atoms with E-state index in [0.29, 0.717) is 16.9 Å².